The van der Waals surface area contributed by atoms with Gasteiger partial charge in [-0.25, -0.2) is 0 Å². The van der Waals surface area contributed by atoms with Gasteiger partial charge in [-0.05, 0) is 27.2 Å². The van der Waals surface area contributed by atoms with Crippen molar-refractivity contribution in [2.75, 3.05) is 4.98 Å². The number of hydrogen-bond donors (Lipinski definition) is 1. The minimum Gasteiger partial charge on any atom is -0.410 e. The number of anilines is 1. The maximum Gasteiger partial charge on any atom is 0.144 e. The number of para-hydroxylation sites is 1. The Kier molecular flexibility index (Phi) is 4.08. The maximum atomic E-state index is 3.75. The number of nitrogens with one attached hydrogen (secondary N) is 1. The molecule has 16 heavy (non-hydrogen) atoms. The predicted octanol–water partition coefficient (Wildman–Crippen LogP) is 4.24. The van der Waals surface area contributed by atoms with Crippen LogP contribution >= 0.6 is 15.9 Å². The number of rotatable bonds is 3. The van der Waals surface area contributed by atoms with Gasteiger partial charge in [0, 0.05) is 10.2 Å². The van der Waals surface area contributed by atoms with Gasteiger partial charge in [0.2, 0.25) is 0 Å². The first-order chi connectivity index (χ1) is 7.11. The fourth-order valence-electron chi connectivity index (χ4n) is 1.65. The topological polar surface area (TPSA) is 12.0 Å². The third kappa shape index (κ3) is 3.75. The molecule has 0 aromatic heterocycles. The molecule has 1 rings (SSSR count). The highest BCUT2D eigenvalue weighted by molar-refractivity contribution is 9.10. The molecule has 0 spiro atoms. The van der Waals surface area contributed by atoms with E-state index in [1.54, 1.807) is 0 Å². The summed E-state index contributed by atoms with van der Waals surface area (Å²) < 4.78 is 1.20. The first-order valence-electron chi connectivity index (χ1n) is 5.68. The van der Waals surface area contributed by atoms with E-state index in [9.17, 15) is 0 Å². The molecule has 0 heterocycles. The smallest absolute Gasteiger partial charge is 0.144 e. The Labute approximate surface area is 110 Å². The second-order valence-corrected chi connectivity index (χ2v) is 16.9. The third-order valence-corrected chi connectivity index (χ3v) is 6.02. The predicted molar refractivity (Wildman–Crippen MR) is 84.1 cm³/mol. The fraction of sp³-hybridized carbons (Fsp3) is 0.500. The molecule has 0 saturated carbocycles. The number of halogens is 1. The average Bonchev–Trinajstić information content (AvgIpc) is 2.04. The molecule has 0 fully saturated rings. The van der Waals surface area contributed by atoms with Gasteiger partial charge >= 0.3 is 0 Å². The SMILES string of the molecule is C[Si](C)(C)Nc1c(Br)cccc1[Si](C)(C)C. The van der Waals surface area contributed by atoms with E-state index in [4.69, 9.17) is 0 Å². The summed E-state index contributed by atoms with van der Waals surface area (Å²) in [5.74, 6) is 0. The molecule has 0 aliphatic carbocycles. The lowest BCUT2D eigenvalue weighted by molar-refractivity contribution is 1.55. The van der Waals surface area contributed by atoms with Gasteiger partial charge < -0.3 is 4.98 Å². The van der Waals surface area contributed by atoms with Crippen LogP contribution in [0.1, 0.15) is 0 Å². The molecule has 90 valence electrons. The first kappa shape index (κ1) is 14.0. The van der Waals surface area contributed by atoms with Crippen LogP contribution in [0.4, 0.5) is 5.69 Å². The van der Waals surface area contributed by atoms with E-state index >= 15 is 0 Å². The van der Waals surface area contributed by atoms with E-state index in [1.165, 1.54) is 15.3 Å². The van der Waals surface area contributed by atoms with E-state index < -0.39 is 16.3 Å². The molecule has 0 unspecified atom stereocenters. The molecule has 0 atom stereocenters. The first-order valence-corrected chi connectivity index (χ1v) is 13.5. The van der Waals surface area contributed by atoms with E-state index in [-0.39, 0.29) is 0 Å². The molecule has 1 N–H and O–H groups in total. The lowest BCUT2D eigenvalue weighted by atomic mass is 10.3. The van der Waals surface area contributed by atoms with Crippen molar-refractivity contribution in [3.8, 4) is 0 Å². The van der Waals surface area contributed by atoms with Crippen molar-refractivity contribution in [2.24, 2.45) is 0 Å². The number of benzene rings is 1. The van der Waals surface area contributed by atoms with Crippen molar-refractivity contribution in [3.63, 3.8) is 0 Å². The standard InChI is InChI=1S/C12H22BrNSi2/c1-15(2,3)11-9-7-8-10(13)12(11)14-16(4,5)6/h7-9,14H,1-6H3. The largest absolute Gasteiger partial charge is 0.410 e. The van der Waals surface area contributed by atoms with Gasteiger partial charge in [0.1, 0.15) is 8.24 Å². The van der Waals surface area contributed by atoms with Crippen molar-refractivity contribution in [3.05, 3.63) is 22.7 Å². The summed E-state index contributed by atoms with van der Waals surface area (Å²) in [7, 11) is -2.58. The molecule has 1 aromatic carbocycles. The van der Waals surface area contributed by atoms with Crippen molar-refractivity contribution >= 4 is 43.1 Å². The number of hydrogen-bond acceptors (Lipinski definition) is 1. The van der Waals surface area contributed by atoms with Crippen LogP contribution in [0, 0.1) is 0 Å². The highest BCUT2D eigenvalue weighted by Gasteiger charge is 2.24. The summed E-state index contributed by atoms with van der Waals surface area (Å²) in [5.41, 5.74) is 1.33. The molecule has 0 aliphatic rings. The Morgan fingerprint density at radius 1 is 1.00 bits per heavy atom. The van der Waals surface area contributed by atoms with E-state index in [0.29, 0.717) is 0 Å². The Morgan fingerprint density at radius 2 is 1.56 bits per heavy atom. The van der Waals surface area contributed by atoms with Crippen LogP contribution in [0.5, 0.6) is 0 Å². The van der Waals surface area contributed by atoms with Gasteiger partial charge in [0.25, 0.3) is 0 Å². The van der Waals surface area contributed by atoms with Crippen LogP contribution in [0.15, 0.2) is 22.7 Å². The van der Waals surface area contributed by atoms with Crippen LogP contribution in [0.2, 0.25) is 39.3 Å². The van der Waals surface area contributed by atoms with Gasteiger partial charge in [0.05, 0.1) is 8.07 Å². The monoisotopic (exact) mass is 315 g/mol. The van der Waals surface area contributed by atoms with Crippen LogP contribution in [0.3, 0.4) is 0 Å². The summed E-state index contributed by atoms with van der Waals surface area (Å²) in [5, 5.41) is 1.52. The highest BCUT2D eigenvalue weighted by atomic mass is 79.9. The van der Waals surface area contributed by atoms with Gasteiger partial charge in [-0.1, -0.05) is 51.4 Å². The van der Waals surface area contributed by atoms with Crippen LogP contribution < -0.4 is 10.2 Å². The molecule has 0 aliphatic heterocycles. The summed E-state index contributed by atoms with van der Waals surface area (Å²) in [6, 6.07) is 6.55. The molecule has 0 radical (unpaired) electrons. The molecular formula is C12H22BrNSi2. The zero-order valence-corrected chi connectivity index (χ0v) is 14.7. The Bertz CT molecular complexity index is 378. The van der Waals surface area contributed by atoms with Gasteiger partial charge in [-0.3, -0.25) is 0 Å². The zero-order chi connectivity index (χ0) is 12.6. The summed E-state index contributed by atoms with van der Waals surface area (Å²) >= 11 is 3.67. The zero-order valence-electron chi connectivity index (χ0n) is 11.1. The molecule has 1 nitrogen and oxygen atoms in total. The Hall–Kier alpha value is -0.0662. The minimum atomic E-state index is -1.30. The lowest BCUT2D eigenvalue weighted by Gasteiger charge is -2.28. The van der Waals surface area contributed by atoms with Crippen molar-refractivity contribution < 1.29 is 0 Å². The molecule has 1 aromatic rings. The summed E-state index contributed by atoms with van der Waals surface area (Å²) in [6.07, 6.45) is 0. The fourth-order valence-corrected chi connectivity index (χ4v) is 5.17. The molecule has 0 bridgehead atoms. The van der Waals surface area contributed by atoms with Gasteiger partial charge in [0.15, 0.2) is 0 Å². The highest BCUT2D eigenvalue weighted by Crippen LogP contribution is 2.24. The third-order valence-electron chi connectivity index (χ3n) is 2.32. The van der Waals surface area contributed by atoms with E-state index in [0.717, 1.165) is 0 Å². The molecule has 0 amide bonds. The molecule has 4 heteroatoms. The summed E-state index contributed by atoms with van der Waals surface area (Å²) in [4.78, 5) is 3.75. The average molecular weight is 316 g/mol. The molecular weight excluding hydrogens is 294 g/mol. The maximum absolute atomic E-state index is 3.75. The normalized spacial score (nSPS) is 12.7. The Morgan fingerprint density at radius 3 is 2.00 bits per heavy atom. The van der Waals surface area contributed by atoms with E-state index in [1.807, 2.05) is 0 Å². The Balaban J connectivity index is 3.25. The van der Waals surface area contributed by atoms with Crippen molar-refractivity contribution in [2.45, 2.75) is 39.3 Å². The van der Waals surface area contributed by atoms with E-state index in [2.05, 4.69) is 78.4 Å². The molecule has 0 saturated heterocycles. The summed E-state index contributed by atoms with van der Waals surface area (Å²) in [6.45, 7) is 14.2. The van der Waals surface area contributed by atoms with Gasteiger partial charge in [-0.2, -0.15) is 0 Å². The van der Waals surface area contributed by atoms with Crippen LogP contribution in [0.25, 0.3) is 0 Å². The van der Waals surface area contributed by atoms with Crippen LogP contribution in [-0.2, 0) is 0 Å². The lowest BCUT2D eigenvalue weighted by Crippen LogP contribution is -2.43. The second kappa shape index (κ2) is 4.66. The quantitative estimate of drug-likeness (QED) is 0.823. The minimum absolute atomic E-state index is 1.20. The second-order valence-electron chi connectivity index (χ2n) is 6.29. The van der Waals surface area contributed by atoms with Crippen molar-refractivity contribution in [1.82, 2.24) is 0 Å². The van der Waals surface area contributed by atoms with Crippen molar-refractivity contribution in [1.29, 1.82) is 0 Å². The van der Waals surface area contributed by atoms with Crippen LogP contribution in [-0.4, -0.2) is 16.3 Å². The van der Waals surface area contributed by atoms with Gasteiger partial charge in [-0.15, -0.1) is 0 Å².